The Bertz CT molecular complexity index is 814. The third-order valence-corrected chi connectivity index (χ3v) is 4.72. The van der Waals surface area contributed by atoms with Crippen LogP contribution < -0.4 is 10.2 Å². The topological polar surface area (TPSA) is 69.7 Å². The molecule has 6 nitrogen and oxygen atoms in total. The highest BCUT2D eigenvalue weighted by atomic mass is 35.5. The Balaban J connectivity index is 2.43. The maximum atomic E-state index is 12.6. The molecular weight excluding hydrogens is 377 g/mol. The summed E-state index contributed by atoms with van der Waals surface area (Å²) >= 11 is 12.5. The van der Waals surface area contributed by atoms with Crippen molar-refractivity contribution in [2.24, 2.45) is 0 Å². The summed E-state index contributed by atoms with van der Waals surface area (Å²) in [5.74, 6) is -0.876. The number of anilines is 2. The van der Waals surface area contributed by atoms with Gasteiger partial charge in [0, 0.05) is 19.7 Å². The Morgan fingerprint density at radius 1 is 1.19 bits per heavy atom. The molecule has 0 spiro atoms. The summed E-state index contributed by atoms with van der Waals surface area (Å²) in [6.45, 7) is 5.27. The standard InChI is InChI=1S/C18H21Cl2N3O3/c1-9(2)11-6-16(24)23(18(11)26)15-8-14(12(19)7-13(15)20)21-10(3)17(25)22(4)5/h7-8,10,21H,6H2,1-5H3. The van der Waals surface area contributed by atoms with E-state index in [9.17, 15) is 14.4 Å². The van der Waals surface area contributed by atoms with Crippen LogP contribution in [0.4, 0.5) is 11.4 Å². The fourth-order valence-corrected chi connectivity index (χ4v) is 3.21. The number of likely N-dealkylation sites (N-methyl/N-ethyl adjacent to an activating group) is 1. The van der Waals surface area contributed by atoms with Crippen molar-refractivity contribution in [1.29, 1.82) is 0 Å². The molecule has 3 amide bonds. The molecule has 8 heteroatoms. The zero-order chi connectivity index (χ0) is 19.8. The number of rotatable bonds is 4. The number of hydrogen-bond donors (Lipinski definition) is 1. The molecule has 140 valence electrons. The molecule has 1 aromatic rings. The van der Waals surface area contributed by atoms with Gasteiger partial charge in [0.1, 0.15) is 6.04 Å². The lowest BCUT2D eigenvalue weighted by Crippen LogP contribution is -2.36. The lowest BCUT2D eigenvalue weighted by Gasteiger charge is -2.22. The molecule has 1 aliphatic heterocycles. The van der Waals surface area contributed by atoms with E-state index in [2.05, 4.69) is 5.32 Å². The van der Waals surface area contributed by atoms with Gasteiger partial charge in [0.05, 0.1) is 27.8 Å². The van der Waals surface area contributed by atoms with E-state index in [0.29, 0.717) is 16.3 Å². The van der Waals surface area contributed by atoms with Gasteiger partial charge in [-0.1, -0.05) is 28.8 Å². The molecule has 2 rings (SSSR count). The largest absolute Gasteiger partial charge is 0.373 e. The first kappa shape index (κ1) is 20.3. The molecule has 0 radical (unpaired) electrons. The summed E-state index contributed by atoms with van der Waals surface area (Å²) < 4.78 is 0. The van der Waals surface area contributed by atoms with Crippen molar-refractivity contribution < 1.29 is 14.4 Å². The van der Waals surface area contributed by atoms with Gasteiger partial charge >= 0.3 is 0 Å². The summed E-state index contributed by atoms with van der Waals surface area (Å²) in [4.78, 5) is 39.5. The second kappa shape index (κ2) is 7.68. The average molecular weight is 398 g/mol. The Labute approximate surface area is 162 Å². The van der Waals surface area contributed by atoms with E-state index in [1.54, 1.807) is 34.9 Å². The number of amides is 3. The predicted molar refractivity (Wildman–Crippen MR) is 104 cm³/mol. The first-order chi connectivity index (χ1) is 12.0. The normalized spacial score (nSPS) is 15.3. The van der Waals surface area contributed by atoms with Crippen molar-refractivity contribution in [1.82, 2.24) is 4.90 Å². The molecular formula is C18H21Cl2N3O3. The maximum Gasteiger partial charge on any atom is 0.261 e. The number of nitrogens with one attached hydrogen (secondary N) is 1. The Morgan fingerprint density at radius 2 is 1.81 bits per heavy atom. The van der Waals surface area contributed by atoms with Gasteiger partial charge in [-0.15, -0.1) is 0 Å². The summed E-state index contributed by atoms with van der Waals surface area (Å²) in [6, 6.07) is 2.43. The second-order valence-corrected chi connectivity index (χ2v) is 7.39. The minimum atomic E-state index is -0.546. The van der Waals surface area contributed by atoms with Crippen molar-refractivity contribution in [2.45, 2.75) is 33.2 Å². The lowest BCUT2D eigenvalue weighted by atomic mass is 10.1. The minimum absolute atomic E-state index is 0.0401. The zero-order valence-electron chi connectivity index (χ0n) is 15.3. The predicted octanol–water partition coefficient (Wildman–Crippen LogP) is 3.48. The average Bonchev–Trinajstić information content (AvgIpc) is 2.84. The van der Waals surface area contributed by atoms with Gasteiger partial charge in [-0.25, -0.2) is 4.90 Å². The Kier molecular flexibility index (Phi) is 5.98. The Morgan fingerprint density at radius 3 is 2.31 bits per heavy atom. The molecule has 1 aliphatic rings. The lowest BCUT2D eigenvalue weighted by molar-refractivity contribution is -0.129. The van der Waals surface area contributed by atoms with Crippen LogP contribution in [0.25, 0.3) is 0 Å². The maximum absolute atomic E-state index is 12.6. The van der Waals surface area contributed by atoms with Crippen LogP contribution in [0, 0.1) is 0 Å². The van der Waals surface area contributed by atoms with E-state index >= 15 is 0 Å². The number of halogens is 2. The minimum Gasteiger partial charge on any atom is -0.373 e. The number of benzene rings is 1. The highest BCUT2D eigenvalue weighted by Gasteiger charge is 2.37. The van der Waals surface area contributed by atoms with Gasteiger partial charge in [0.15, 0.2) is 0 Å². The molecule has 1 fully saturated rings. The molecule has 1 N–H and O–H groups in total. The van der Waals surface area contributed by atoms with Gasteiger partial charge in [0.25, 0.3) is 5.91 Å². The number of allylic oxidation sites excluding steroid dienone is 1. The van der Waals surface area contributed by atoms with Crippen molar-refractivity contribution in [3.05, 3.63) is 33.3 Å². The molecule has 0 bridgehead atoms. The summed E-state index contributed by atoms with van der Waals surface area (Å²) in [5, 5.41) is 3.48. The van der Waals surface area contributed by atoms with E-state index in [-0.39, 0.29) is 34.9 Å². The van der Waals surface area contributed by atoms with Crippen LogP contribution in [0.5, 0.6) is 0 Å². The summed E-state index contributed by atoms with van der Waals surface area (Å²) in [5.41, 5.74) is 1.92. The highest BCUT2D eigenvalue weighted by Crippen LogP contribution is 2.38. The van der Waals surface area contributed by atoms with E-state index in [4.69, 9.17) is 23.2 Å². The quantitative estimate of drug-likeness (QED) is 0.623. The second-order valence-electron chi connectivity index (χ2n) is 6.57. The van der Waals surface area contributed by atoms with Gasteiger partial charge in [0.2, 0.25) is 11.8 Å². The number of carbonyl (C=O) groups excluding carboxylic acids is 3. The summed E-state index contributed by atoms with van der Waals surface area (Å²) in [6.07, 6.45) is 0.0401. The van der Waals surface area contributed by atoms with E-state index in [1.807, 2.05) is 0 Å². The molecule has 0 aliphatic carbocycles. The third-order valence-electron chi connectivity index (χ3n) is 4.10. The molecule has 1 unspecified atom stereocenters. The smallest absolute Gasteiger partial charge is 0.261 e. The first-order valence-electron chi connectivity index (χ1n) is 8.05. The third kappa shape index (κ3) is 3.86. The fraction of sp³-hybridized carbons (Fsp3) is 0.389. The first-order valence-corrected chi connectivity index (χ1v) is 8.80. The van der Waals surface area contributed by atoms with Crippen molar-refractivity contribution in [2.75, 3.05) is 24.3 Å². The highest BCUT2D eigenvalue weighted by molar-refractivity contribution is 6.40. The van der Waals surface area contributed by atoms with Crippen LogP contribution in [-0.4, -0.2) is 42.8 Å². The van der Waals surface area contributed by atoms with Crippen LogP contribution in [-0.2, 0) is 14.4 Å². The van der Waals surface area contributed by atoms with Gasteiger partial charge in [-0.2, -0.15) is 0 Å². The van der Waals surface area contributed by atoms with Gasteiger partial charge in [-0.05, 0) is 32.9 Å². The number of nitrogens with zero attached hydrogens (tertiary/aromatic N) is 2. The number of imide groups is 1. The van der Waals surface area contributed by atoms with Crippen LogP contribution in [0.3, 0.4) is 0 Å². The van der Waals surface area contributed by atoms with Crippen LogP contribution in [0.15, 0.2) is 23.3 Å². The Hall–Kier alpha value is -2.05. The number of hydrogen-bond acceptors (Lipinski definition) is 4. The molecule has 0 saturated carbocycles. The van der Waals surface area contributed by atoms with Gasteiger partial charge < -0.3 is 10.2 Å². The van der Waals surface area contributed by atoms with Crippen LogP contribution >= 0.6 is 23.2 Å². The van der Waals surface area contributed by atoms with E-state index in [1.165, 1.54) is 17.0 Å². The molecule has 1 aromatic carbocycles. The zero-order valence-corrected chi connectivity index (χ0v) is 16.8. The SMILES string of the molecule is CC(C)=C1CC(=O)N(c2cc(NC(C)C(=O)N(C)C)c(Cl)cc2Cl)C1=O. The van der Waals surface area contributed by atoms with Crippen molar-refractivity contribution in [3.8, 4) is 0 Å². The van der Waals surface area contributed by atoms with Gasteiger partial charge in [-0.3, -0.25) is 14.4 Å². The van der Waals surface area contributed by atoms with Crippen LogP contribution in [0.1, 0.15) is 27.2 Å². The molecule has 0 aromatic heterocycles. The van der Waals surface area contributed by atoms with Crippen molar-refractivity contribution >= 4 is 52.3 Å². The van der Waals surface area contributed by atoms with Crippen molar-refractivity contribution in [3.63, 3.8) is 0 Å². The van der Waals surface area contributed by atoms with Crippen LogP contribution in [0.2, 0.25) is 10.0 Å². The molecule has 1 saturated heterocycles. The molecule has 1 heterocycles. The number of carbonyl (C=O) groups is 3. The summed E-state index contributed by atoms with van der Waals surface area (Å²) in [7, 11) is 3.30. The fourth-order valence-electron chi connectivity index (χ4n) is 2.69. The van der Waals surface area contributed by atoms with E-state index < -0.39 is 6.04 Å². The molecule has 1 atom stereocenters. The van der Waals surface area contributed by atoms with E-state index in [0.717, 1.165) is 10.5 Å². The molecule has 26 heavy (non-hydrogen) atoms. The monoisotopic (exact) mass is 397 g/mol.